The summed E-state index contributed by atoms with van der Waals surface area (Å²) in [7, 11) is 0. The highest BCUT2D eigenvalue weighted by molar-refractivity contribution is 6.31. The van der Waals surface area contributed by atoms with Crippen molar-refractivity contribution in [3.05, 3.63) is 70.0 Å². The van der Waals surface area contributed by atoms with Crippen molar-refractivity contribution >= 4 is 11.6 Å². The molecule has 0 heterocycles. The summed E-state index contributed by atoms with van der Waals surface area (Å²) < 4.78 is 13.0. The molecule has 0 saturated carbocycles. The van der Waals surface area contributed by atoms with Crippen LogP contribution in [-0.2, 0) is 12.8 Å². The molecule has 0 aliphatic heterocycles. The van der Waals surface area contributed by atoms with Crippen LogP contribution in [0.5, 0.6) is 0 Å². The molecule has 0 radical (unpaired) electrons. The molecule has 0 aromatic heterocycles. The maximum Gasteiger partial charge on any atom is 0.124 e. The van der Waals surface area contributed by atoms with Gasteiger partial charge in [0.05, 0.1) is 0 Å². The van der Waals surface area contributed by atoms with Gasteiger partial charge in [0, 0.05) is 11.1 Å². The number of hydrogen-bond acceptors (Lipinski definition) is 1. The topological polar surface area (TPSA) is 26.0 Å². The lowest BCUT2D eigenvalue weighted by molar-refractivity contribution is 0.464. The smallest absolute Gasteiger partial charge is 0.124 e. The van der Waals surface area contributed by atoms with Crippen molar-refractivity contribution in [3.8, 4) is 0 Å². The zero-order chi connectivity index (χ0) is 13.4. The maximum atomic E-state index is 13.0. The van der Waals surface area contributed by atoms with Gasteiger partial charge in [0.2, 0.25) is 0 Å². The molecule has 19 heavy (non-hydrogen) atoms. The van der Waals surface area contributed by atoms with Gasteiger partial charge in [0.15, 0.2) is 0 Å². The van der Waals surface area contributed by atoms with Gasteiger partial charge in [-0.3, -0.25) is 0 Å². The first kappa shape index (κ1) is 12.6. The van der Waals surface area contributed by atoms with E-state index in [9.17, 15) is 4.39 Å². The monoisotopic (exact) mass is 275 g/mol. The highest BCUT2D eigenvalue weighted by atomic mass is 35.5. The Morgan fingerprint density at radius 2 is 2.00 bits per heavy atom. The molecule has 0 fully saturated rings. The minimum atomic E-state index is -0.298. The first-order chi connectivity index (χ1) is 9.15. The minimum absolute atomic E-state index is 0.0392. The van der Waals surface area contributed by atoms with Crippen molar-refractivity contribution in [3.63, 3.8) is 0 Å². The van der Waals surface area contributed by atoms with Gasteiger partial charge in [0.1, 0.15) is 5.82 Å². The summed E-state index contributed by atoms with van der Waals surface area (Å²) in [6.45, 7) is 0. The van der Waals surface area contributed by atoms with Crippen molar-refractivity contribution < 1.29 is 4.39 Å². The van der Waals surface area contributed by atoms with Crippen molar-refractivity contribution in [2.45, 2.75) is 18.9 Å². The predicted octanol–water partition coefficient (Wildman–Crippen LogP) is 3.89. The molecule has 1 nitrogen and oxygen atoms in total. The summed E-state index contributed by atoms with van der Waals surface area (Å²) in [4.78, 5) is 0. The SMILES string of the molecule is NC1c2ccccc2CC1Cc1ccc(F)cc1Cl. The van der Waals surface area contributed by atoms with Crippen molar-refractivity contribution in [2.75, 3.05) is 0 Å². The Kier molecular flexibility index (Phi) is 3.29. The quantitative estimate of drug-likeness (QED) is 0.884. The van der Waals surface area contributed by atoms with Gasteiger partial charge in [-0.05, 0) is 47.6 Å². The first-order valence-electron chi connectivity index (χ1n) is 6.42. The van der Waals surface area contributed by atoms with E-state index in [1.54, 1.807) is 6.07 Å². The van der Waals surface area contributed by atoms with Crippen LogP contribution in [0.25, 0.3) is 0 Å². The molecule has 2 unspecified atom stereocenters. The van der Waals surface area contributed by atoms with E-state index in [-0.39, 0.29) is 11.9 Å². The minimum Gasteiger partial charge on any atom is -0.324 e. The molecule has 0 bridgehead atoms. The zero-order valence-electron chi connectivity index (χ0n) is 10.4. The third-order valence-electron chi connectivity index (χ3n) is 3.90. The van der Waals surface area contributed by atoms with Crippen molar-refractivity contribution in [2.24, 2.45) is 11.7 Å². The van der Waals surface area contributed by atoms with Crippen LogP contribution in [0.1, 0.15) is 22.7 Å². The summed E-state index contributed by atoms with van der Waals surface area (Å²) >= 11 is 6.09. The third kappa shape index (κ3) is 2.38. The van der Waals surface area contributed by atoms with Crippen LogP contribution in [-0.4, -0.2) is 0 Å². The second kappa shape index (κ2) is 4.95. The third-order valence-corrected chi connectivity index (χ3v) is 4.25. The molecular formula is C16H15ClFN. The number of halogens is 2. The van der Waals surface area contributed by atoms with Gasteiger partial charge in [0.25, 0.3) is 0 Å². The van der Waals surface area contributed by atoms with Crippen LogP contribution in [0.3, 0.4) is 0 Å². The molecule has 0 saturated heterocycles. The second-order valence-corrected chi connectivity index (χ2v) is 5.54. The molecule has 1 aliphatic rings. The van der Waals surface area contributed by atoms with Gasteiger partial charge in [-0.2, -0.15) is 0 Å². The van der Waals surface area contributed by atoms with Crippen LogP contribution >= 0.6 is 11.6 Å². The molecule has 98 valence electrons. The maximum absolute atomic E-state index is 13.0. The van der Waals surface area contributed by atoms with Crippen molar-refractivity contribution in [1.82, 2.24) is 0 Å². The van der Waals surface area contributed by atoms with Crippen molar-refractivity contribution in [1.29, 1.82) is 0 Å². The molecule has 1 aliphatic carbocycles. The largest absolute Gasteiger partial charge is 0.324 e. The lowest BCUT2D eigenvalue weighted by Crippen LogP contribution is -2.19. The highest BCUT2D eigenvalue weighted by Gasteiger charge is 2.29. The van der Waals surface area contributed by atoms with Crippen LogP contribution < -0.4 is 5.73 Å². The number of nitrogens with two attached hydrogens (primary N) is 1. The predicted molar refractivity (Wildman–Crippen MR) is 75.7 cm³/mol. The summed E-state index contributed by atoms with van der Waals surface area (Å²) in [5.41, 5.74) is 9.82. The van der Waals surface area contributed by atoms with E-state index in [1.807, 2.05) is 12.1 Å². The number of benzene rings is 2. The second-order valence-electron chi connectivity index (χ2n) is 5.13. The highest BCUT2D eigenvalue weighted by Crippen LogP contribution is 2.37. The fourth-order valence-corrected chi connectivity index (χ4v) is 3.12. The first-order valence-corrected chi connectivity index (χ1v) is 6.80. The molecule has 0 amide bonds. The molecule has 2 aromatic rings. The summed E-state index contributed by atoms with van der Waals surface area (Å²) in [5.74, 6) is 0.0353. The molecular weight excluding hydrogens is 261 g/mol. The number of rotatable bonds is 2. The summed E-state index contributed by atoms with van der Waals surface area (Å²) in [6, 6.07) is 12.9. The van der Waals surface area contributed by atoms with E-state index in [0.717, 1.165) is 18.4 Å². The fourth-order valence-electron chi connectivity index (χ4n) is 2.88. The van der Waals surface area contributed by atoms with E-state index in [0.29, 0.717) is 10.9 Å². The molecule has 2 atom stereocenters. The Morgan fingerprint density at radius 1 is 1.21 bits per heavy atom. The number of fused-ring (bicyclic) bond motifs is 1. The Balaban J connectivity index is 1.83. The Morgan fingerprint density at radius 3 is 2.74 bits per heavy atom. The Bertz CT molecular complexity index is 611. The van der Waals surface area contributed by atoms with Crippen LogP contribution in [0.4, 0.5) is 4.39 Å². The van der Waals surface area contributed by atoms with Gasteiger partial charge < -0.3 is 5.73 Å². The van der Waals surface area contributed by atoms with E-state index in [1.165, 1.54) is 23.3 Å². The van der Waals surface area contributed by atoms with Gasteiger partial charge in [-0.1, -0.05) is 41.9 Å². The lowest BCUT2D eigenvalue weighted by Gasteiger charge is -2.16. The lowest BCUT2D eigenvalue weighted by atomic mass is 9.93. The van der Waals surface area contributed by atoms with E-state index in [4.69, 9.17) is 17.3 Å². The summed E-state index contributed by atoms with van der Waals surface area (Å²) in [6.07, 6.45) is 1.75. The average molecular weight is 276 g/mol. The van der Waals surface area contributed by atoms with E-state index >= 15 is 0 Å². The van der Waals surface area contributed by atoms with Gasteiger partial charge in [-0.25, -0.2) is 4.39 Å². The van der Waals surface area contributed by atoms with E-state index in [2.05, 4.69) is 12.1 Å². The number of hydrogen-bond donors (Lipinski definition) is 1. The Labute approximate surface area is 117 Å². The average Bonchev–Trinajstić information content (AvgIpc) is 2.70. The summed E-state index contributed by atoms with van der Waals surface area (Å²) in [5, 5.41) is 0.489. The van der Waals surface area contributed by atoms with Crippen LogP contribution in [0, 0.1) is 11.7 Å². The zero-order valence-corrected chi connectivity index (χ0v) is 11.2. The molecule has 0 spiro atoms. The normalized spacial score (nSPS) is 21.4. The molecule has 3 heteroatoms. The fraction of sp³-hybridized carbons (Fsp3) is 0.250. The molecule has 3 rings (SSSR count). The van der Waals surface area contributed by atoms with Crippen LogP contribution in [0.15, 0.2) is 42.5 Å². The molecule has 2 aromatic carbocycles. The van der Waals surface area contributed by atoms with E-state index < -0.39 is 0 Å². The van der Waals surface area contributed by atoms with Crippen LogP contribution in [0.2, 0.25) is 5.02 Å². The molecule has 2 N–H and O–H groups in total. The van der Waals surface area contributed by atoms with Gasteiger partial charge in [-0.15, -0.1) is 0 Å². The van der Waals surface area contributed by atoms with Gasteiger partial charge >= 0.3 is 0 Å². The standard InChI is InChI=1S/C16H15ClFN/c17-15-9-13(18)6-5-11(15)8-12-7-10-3-1-2-4-14(10)16(12)19/h1-6,9,12,16H,7-8,19H2. The Hall–Kier alpha value is -1.38.